The molecule has 2 aromatic carbocycles. The number of fused-ring (bicyclic) bond motifs is 1. The first kappa shape index (κ1) is 11.4. The van der Waals surface area contributed by atoms with Gasteiger partial charge >= 0.3 is 0 Å². The van der Waals surface area contributed by atoms with Gasteiger partial charge in [-0.3, -0.25) is 0 Å². The van der Waals surface area contributed by atoms with E-state index in [4.69, 9.17) is 0 Å². The van der Waals surface area contributed by atoms with Crippen molar-refractivity contribution >= 4 is 21.4 Å². The quantitative estimate of drug-likeness (QED) is 0.622. The third kappa shape index (κ3) is 2.02. The zero-order valence-electron chi connectivity index (χ0n) is 9.49. The molecule has 0 N–H and O–H groups in total. The van der Waals surface area contributed by atoms with Crippen LogP contribution in [-0.4, -0.2) is 0 Å². The highest BCUT2D eigenvalue weighted by atomic mass is 32.1. The molecule has 0 nitrogen and oxygen atoms in total. The summed E-state index contributed by atoms with van der Waals surface area (Å²) < 4.78 is 27.7. The number of thiophene rings is 1. The lowest BCUT2D eigenvalue weighted by atomic mass is 10.0. The standard InChI is InChI=1S/C15H10F2S/c16-12-5-4-11(14(17)9-12)8-10-2-1-3-15-13(10)6-7-18-15/h1-7,9H,8H2. The van der Waals surface area contributed by atoms with Gasteiger partial charge in [-0.1, -0.05) is 18.2 Å². The first-order valence-electron chi connectivity index (χ1n) is 5.63. The van der Waals surface area contributed by atoms with E-state index < -0.39 is 11.6 Å². The lowest BCUT2D eigenvalue weighted by molar-refractivity contribution is 0.575. The fourth-order valence-electron chi connectivity index (χ4n) is 2.08. The summed E-state index contributed by atoms with van der Waals surface area (Å²) in [4.78, 5) is 0. The van der Waals surface area contributed by atoms with Crippen LogP contribution in [0, 0.1) is 11.6 Å². The molecule has 0 spiro atoms. The van der Waals surface area contributed by atoms with Crippen LogP contribution in [-0.2, 0) is 6.42 Å². The molecule has 18 heavy (non-hydrogen) atoms. The summed E-state index contributed by atoms with van der Waals surface area (Å²) in [6.07, 6.45) is 0.486. The molecule has 0 bridgehead atoms. The van der Waals surface area contributed by atoms with Gasteiger partial charge in [0.05, 0.1) is 0 Å². The van der Waals surface area contributed by atoms with Crippen LogP contribution in [0.15, 0.2) is 47.8 Å². The number of hydrogen-bond acceptors (Lipinski definition) is 1. The van der Waals surface area contributed by atoms with E-state index in [1.54, 1.807) is 11.3 Å². The maximum Gasteiger partial charge on any atom is 0.129 e. The Balaban J connectivity index is 2.03. The summed E-state index contributed by atoms with van der Waals surface area (Å²) in [5, 5.41) is 3.17. The van der Waals surface area contributed by atoms with Gasteiger partial charge in [-0.2, -0.15) is 0 Å². The van der Waals surface area contributed by atoms with E-state index in [2.05, 4.69) is 0 Å². The van der Waals surface area contributed by atoms with Crippen molar-refractivity contribution in [1.29, 1.82) is 0 Å². The molecular formula is C15H10F2S. The molecule has 0 aliphatic rings. The topological polar surface area (TPSA) is 0 Å². The van der Waals surface area contributed by atoms with E-state index in [9.17, 15) is 8.78 Å². The molecule has 3 aromatic rings. The van der Waals surface area contributed by atoms with E-state index in [0.717, 1.165) is 17.0 Å². The second kappa shape index (κ2) is 4.50. The van der Waals surface area contributed by atoms with Gasteiger partial charge in [0.15, 0.2) is 0 Å². The first-order chi connectivity index (χ1) is 8.74. The fourth-order valence-corrected chi connectivity index (χ4v) is 2.92. The van der Waals surface area contributed by atoms with Crippen molar-refractivity contribution < 1.29 is 8.78 Å². The summed E-state index contributed by atoms with van der Waals surface area (Å²) in [7, 11) is 0. The molecule has 0 aliphatic carbocycles. The minimum atomic E-state index is -0.537. The Labute approximate surface area is 108 Å². The zero-order chi connectivity index (χ0) is 12.5. The van der Waals surface area contributed by atoms with Crippen LogP contribution >= 0.6 is 11.3 Å². The summed E-state index contributed by atoms with van der Waals surface area (Å²) in [5.41, 5.74) is 1.59. The molecule has 0 radical (unpaired) electrons. The van der Waals surface area contributed by atoms with Crippen molar-refractivity contribution in [3.8, 4) is 0 Å². The maximum atomic E-state index is 13.6. The fraction of sp³-hybridized carbons (Fsp3) is 0.0667. The van der Waals surface area contributed by atoms with Gasteiger partial charge in [0, 0.05) is 17.2 Å². The number of benzene rings is 2. The molecule has 0 saturated heterocycles. The van der Waals surface area contributed by atoms with Crippen LogP contribution < -0.4 is 0 Å². The van der Waals surface area contributed by atoms with Gasteiger partial charge in [-0.15, -0.1) is 11.3 Å². The molecule has 0 amide bonds. The second-order valence-electron chi connectivity index (χ2n) is 4.16. The molecular weight excluding hydrogens is 250 g/mol. The first-order valence-corrected chi connectivity index (χ1v) is 6.51. The summed E-state index contributed by atoms with van der Waals surface area (Å²) in [6.45, 7) is 0. The Morgan fingerprint density at radius 2 is 1.83 bits per heavy atom. The van der Waals surface area contributed by atoms with Crippen molar-refractivity contribution in [2.75, 3.05) is 0 Å². The number of rotatable bonds is 2. The van der Waals surface area contributed by atoms with Gasteiger partial charge in [0.2, 0.25) is 0 Å². The highest BCUT2D eigenvalue weighted by Gasteiger charge is 2.07. The highest BCUT2D eigenvalue weighted by Crippen LogP contribution is 2.26. The lowest BCUT2D eigenvalue weighted by Gasteiger charge is -2.05. The van der Waals surface area contributed by atoms with E-state index in [1.165, 1.54) is 16.8 Å². The van der Waals surface area contributed by atoms with Crippen LogP contribution in [0.4, 0.5) is 8.78 Å². The maximum absolute atomic E-state index is 13.6. The van der Waals surface area contributed by atoms with Crippen molar-refractivity contribution in [3.05, 3.63) is 70.6 Å². The van der Waals surface area contributed by atoms with Crippen LogP contribution in [0.25, 0.3) is 10.1 Å². The lowest BCUT2D eigenvalue weighted by Crippen LogP contribution is -1.94. The van der Waals surface area contributed by atoms with E-state index in [1.807, 2.05) is 29.6 Å². The minimum Gasteiger partial charge on any atom is -0.207 e. The Hall–Kier alpha value is -1.74. The normalized spacial score (nSPS) is 11.0. The molecule has 0 aliphatic heterocycles. The van der Waals surface area contributed by atoms with Crippen LogP contribution in [0.2, 0.25) is 0 Å². The predicted octanol–water partition coefficient (Wildman–Crippen LogP) is 4.77. The monoisotopic (exact) mass is 260 g/mol. The largest absolute Gasteiger partial charge is 0.207 e. The third-order valence-corrected chi connectivity index (χ3v) is 3.86. The smallest absolute Gasteiger partial charge is 0.129 e. The Bertz CT molecular complexity index is 701. The molecule has 0 atom stereocenters. The Kier molecular flexibility index (Phi) is 2.84. The third-order valence-electron chi connectivity index (χ3n) is 2.98. The van der Waals surface area contributed by atoms with E-state index >= 15 is 0 Å². The number of hydrogen-bond donors (Lipinski definition) is 0. The molecule has 90 valence electrons. The number of halogens is 2. The van der Waals surface area contributed by atoms with Crippen molar-refractivity contribution in [2.24, 2.45) is 0 Å². The van der Waals surface area contributed by atoms with Crippen LogP contribution in [0.3, 0.4) is 0 Å². The zero-order valence-corrected chi connectivity index (χ0v) is 10.3. The van der Waals surface area contributed by atoms with Crippen molar-refractivity contribution in [2.45, 2.75) is 6.42 Å². The van der Waals surface area contributed by atoms with E-state index in [0.29, 0.717) is 12.0 Å². The second-order valence-corrected chi connectivity index (χ2v) is 5.11. The Morgan fingerprint density at radius 3 is 2.67 bits per heavy atom. The average molecular weight is 260 g/mol. The SMILES string of the molecule is Fc1ccc(Cc2cccc3sccc23)c(F)c1. The van der Waals surface area contributed by atoms with Gasteiger partial charge in [0.1, 0.15) is 11.6 Å². The molecule has 0 fully saturated rings. The van der Waals surface area contributed by atoms with Gasteiger partial charge < -0.3 is 0 Å². The average Bonchev–Trinajstić information content (AvgIpc) is 2.82. The molecule has 3 heteroatoms. The Morgan fingerprint density at radius 1 is 0.944 bits per heavy atom. The van der Waals surface area contributed by atoms with Gasteiger partial charge in [0.25, 0.3) is 0 Å². The molecule has 1 heterocycles. The molecule has 1 aromatic heterocycles. The van der Waals surface area contributed by atoms with Gasteiger partial charge in [-0.25, -0.2) is 8.78 Å². The summed E-state index contributed by atoms with van der Waals surface area (Å²) in [6, 6.07) is 11.8. The summed E-state index contributed by atoms with van der Waals surface area (Å²) in [5.74, 6) is -1.02. The minimum absolute atomic E-state index is 0.484. The van der Waals surface area contributed by atoms with E-state index in [-0.39, 0.29) is 0 Å². The van der Waals surface area contributed by atoms with Crippen molar-refractivity contribution in [1.82, 2.24) is 0 Å². The van der Waals surface area contributed by atoms with Gasteiger partial charge in [-0.05, 0) is 40.1 Å². The molecule has 0 unspecified atom stereocenters. The summed E-state index contributed by atoms with van der Waals surface area (Å²) >= 11 is 1.66. The molecule has 3 rings (SSSR count). The van der Waals surface area contributed by atoms with Crippen LogP contribution in [0.5, 0.6) is 0 Å². The highest BCUT2D eigenvalue weighted by molar-refractivity contribution is 7.17. The molecule has 0 saturated carbocycles. The van der Waals surface area contributed by atoms with Crippen LogP contribution in [0.1, 0.15) is 11.1 Å². The van der Waals surface area contributed by atoms with Crippen molar-refractivity contribution in [3.63, 3.8) is 0 Å². The predicted molar refractivity (Wildman–Crippen MR) is 71.0 cm³/mol.